The largest absolute Gasteiger partial charge is 0.325 e. The standard InChI is InChI=1S/C13H26N6/c1-13(2,3)18-7-4-17(5-8-18)6-9-19-11-12(10-14)15-16-19/h11H,4-10,14H2,1-3H3. The SMILES string of the molecule is CC(C)(C)N1CCN(CCn2cc(CN)nn2)CC1. The maximum absolute atomic E-state index is 5.53. The van der Waals surface area contributed by atoms with Gasteiger partial charge in [0.2, 0.25) is 0 Å². The van der Waals surface area contributed by atoms with E-state index in [2.05, 4.69) is 40.9 Å². The van der Waals surface area contributed by atoms with Crippen molar-refractivity contribution < 1.29 is 0 Å². The van der Waals surface area contributed by atoms with Crippen molar-refractivity contribution in [1.82, 2.24) is 24.8 Å². The van der Waals surface area contributed by atoms with Crippen molar-refractivity contribution in [3.05, 3.63) is 11.9 Å². The lowest BCUT2D eigenvalue weighted by Crippen LogP contribution is -2.53. The van der Waals surface area contributed by atoms with Crippen LogP contribution in [0.1, 0.15) is 26.5 Å². The van der Waals surface area contributed by atoms with Crippen LogP contribution in [0.2, 0.25) is 0 Å². The highest BCUT2D eigenvalue weighted by Gasteiger charge is 2.25. The summed E-state index contributed by atoms with van der Waals surface area (Å²) in [4.78, 5) is 5.04. The van der Waals surface area contributed by atoms with E-state index in [-0.39, 0.29) is 5.54 Å². The molecule has 1 aromatic heterocycles. The highest BCUT2D eigenvalue weighted by Crippen LogP contribution is 2.15. The Morgan fingerprint density at radius 3 is 2.37 bits per heavy atom. The number of piperazine rings is 1. The van der Waals surface area contributed by atoms with Crippen LogP contribution in [0.25, 0.3) is 0 Å². The molecule has 0 aliphatic carbocycles. The first kappa shape index (κ1) is 14.4. The summed E-state index contributed by atoms with van der Waals surface area (Å²) in [5.74, 6) is 0. The van der Waals surface area contributed by atoms with E-state index in [0.717, 1.165) is 45.0 Å². The van der Waals surface area contributed by atoms with Crippen LogP contribution in [0.4, 0.5) is 0 Å². The molecule has 0 bridgehead atoms. The summed E-state index contributed by atoms with van der Waals surface area (Å²) < 4.78 is 1.89. The van der Waals surface area contributed by atoms with Gasteiger partial charge in [-0.15, -0.1) is 5.10 Å². The summed E-state index contributed by atoms with van der Waals surface area (Å²) in [6, 6.07) is 0. The molecular formula is C13H26N6. The normalized spacial score (nSPS) is 18.9. The third kappa shape index (κ3) is 3.99. The Hall–Kier alpha value is -0.980. The van der Waals surface area contributed by atoms with Gasteiger partial charge in [-0.1, -0.05) is 5.21 Å². The van der Waals surface area contributed by atoms with Crippen LogP contribution in [0.5, 0.6) is 0 Å². The Labute approximate surface area is 115 Å². The van der Waals surface area contributed by atoms with Crippen molar-refractivity contribution in [2.45, 2.75) is 39.4 Å². The fraction of sp³-hybridized carbons (Fsp3) is 0.846. The number of aromatic nitrogens is 3. The first-order valence-electron chi connectivity index (χ1n) is 7.05. The van der Waals surface area contributed by atoms with Gasteiger partial charge in [-0.2, -0.15) is 0 Å². The molecule has 0 amide bonds. The average Bonchev–Trinajstić information content (AvgIpc) is 2.84. The zero-order valence-corrected chi connectivity index (χ0v) is 12.3. The maximum Gasteiger partial charge on any atom is 0.0962 e. The fourth-order valence-electron chi connectivity index (χ4n) is 2.43. The first-order chi connectivity index (χ1) is 8.99. The van der Waals surface area contributed by atoms with E-state index in [0.29, 0.717) is 6.54 Å². The van der Waals surface area contributed by atoms with Gasteiger partial charge in [-0.3, -0.25) is 14.5 Å². The summed E-state index contributed by atoms with van der Waals surface area (Å²) in [6.07, 6.45) is 1.94. The lowest BCUT2D eigenvalue weighted by atomic mass is 10.1. The highest BCUT2D eigenvalue weighted by atomic mass is 15.4. The van der Waals surface area contributed by atoms with Gasteiger partial charge in [-0.25, -0.2) is 0 Å². The number of hydrogen-bond acceptors (Lipinski definition) is 5. The van der Waals surface area contributed by atoms with Crippen LogP contribution in [-0.4, -0.2) is 63.1 Å². The number of hydrogen-bond donors (Lipinski definition) is 1. The van der Waals surface area contributed by atoms with Gasteiger partial charge in [0.15, 0.2) is 0 Å². The third-order valence-electron chi connectivity index (χ3n) is 3.76. The molecule has 0 radical (unpaired) electrons. The third-order valence-corrected chi connectivity index (χ3v) is 3.76. The zero-order chi connectivity index (χ0) is 13.9. The second-order valence-corrected chi connectivity index (χ2v) is 6.18. The predicted molar refractivity (Wildman–Crippen MR) is 75.7 cm³/mol. The maximum atomic E-state index is 5.53. The van der Waals surface area contributed by atoms with Crippen molar-refractivity contribution in [3.63, 3.8) is 0 Å². The molecule has 0 spiro atoms. The van der Waals surface area contributed by atoms with Gasteiger partial charge in [0.1, 0.15) is 0 Å². The molecule has 2 rings (SSSR count). The van der Waals surface area contributed by atoms with Crippen LogP contribution in [-0.2, 0) is 13.1 Å². The van der Waals surface area contributed by atoms with E-state index in [1.54, 1.807) is 0 Å². The molecule has 2 N–H and O–H groups in total. The average molecular weight is 266 g/mol. The van der Waals surface area contributed by atoms with Crippen molar-refractivity contribution >= 4 is 0 Å². The molecule has 0 aromatic carbocycles. The lowest BCUT2D eigenvalue weighted by molar-refractivity contribution is 0.0604. The van der Waals surface area contributed by atoms with Crippen molar-refractivity contribution in [1.29, 1.82) is 0 Å². The monoisotopic (exact) mass is 266 g/mol. The lowest BCUT2D eigenvalue weighted by Gasteiger charge is -2.42. The van der Waals surface area contributed by atoms with Gasteiger partial charge >= 0.3 is 0 Å². The molecule has 1 aliphatic heterocycles. The first-order valence-corrected chi connectivity index (χ1v) is 7.05. The van der Waals surface area contributed by atoms with E-state index in [9.17, 15) is 0 Å². The highest BCUT2D eigenvalue weighted by molar-refractivity contribution is 4.90. The number of nitrogens with two attached hydrogens (primary N) is 1. The van der Waals surface area contributed by atoms with Crippen LogP contribution in [0.3, 0.4) is 0 Å². The Morgan fingerprint density at radius 2 is 1.84 bits per heavy atom. The molecule has 0 saturated carbocycles. The minimum absolute atomic E-state index is 0.286. The van der Waals surface area contributed by atoms with Crippen LogP contribution < -0.4 is 5.73 Å². The van der Waals surface area contributed by atoms with Gasteiger partial charge in [-0.05, 0) is 20.8 Å². The van der Waals surface area contributed by atoms with E-state index in [1.807, 2.05) is 10.9 Å². The number of nitrogens with zero attached hydrogens (tertiary/aromatic N) is 5. The van der Waals surface area contributed by atoms with Crippen LogP contribution >= 0.6 is 0 Å². The molecule has 1 aromatic rings. The quantitative estimate of drug-likeness (QED) is 0.840. The van der Waals surface area contributed by atoms with Gasteiger partial charge in [0.25, 0.3) is 0 Å². The zero-order valence-electron chi connectivity index (χ0n) is 12.3. The van der Waals surface area contributed by atoms with E-state index in [1.165, 1.54) is 0 Å². The summed E-state index contributed by atoms with van der Waals surface area (Å²) in [5.41, 5.74) is 6.67. The van der Waals surface area contributed by atoms with Gasteiger partial charge < -0.3 is 5.73 Å². The molecule has 19 heavy (non-hydrogen) atoms. The molecule has 0 atom stereocenters. The van der Waals surface area contributed by atoms with Crippen LogP contribution in [0.15, 0.2) is 6.20 Å². The molecule has 108 valence electrons. The Morgan fingerprint density at radius 1 is 1.16 bits per heavy atom. The van der Waals surface area contributed by atoms with Crippen molar-refractivity contribution in [3.8, 4) is 0 Å². The second-order valence-electron chi connectivity index (χ2n) is 6.18. The summed E-state index contributed by atoms with van der Waals surface area (Å²) in [5, 5.41) is 8.08. The van der Waals surface area contributed by atoms with Crippen molar-refractivity contribution in [2.75, 3.05) is 32.7 Å². The smallest absolute Gasteiger partial charge is 0.0962 e. The van der Waals surface area contributed by atoms with E-state index in [4.69, 9.17) is 5.73 Å². The summed E-state index contributed by atoms with van der Waals surface area (Å²) in [7, 11) is 0. The Bertz CT molecular complexity index is 386. The molecule has 2 heterocycles. The Kier molecular flexibility index (Phi) is 4.54. The minimum atomic E-state index is 0.286. The molecule has 6 nitrogen and oxygen atoms in total. The molecule has 6 heteroatoms. The molecule has 1 fully saturated rings. The van der Waals surface area contributed by atoms with Crippen molar-refractivity contribution in [2.24, 2.45) is 5.73 Å². The second kappa shape index (κ2) is 5.98. The molecule has 1 saturated heterocycles. The van der Waals surface area contributed by atoms with Gasteiger partial charge in [0.05, 0.1) is 12.2 Å². The molecule has 1 aliphatic rings. The minimum Gasteiger partial charge on any atom is -0.325 e. The van der Waals surface area contributed by atoms with E-state index >= 15 is 0 Å². The summed E-state index contributed by atoms with van der Waals surface area (Å²) in [6.45, 7) is 13.8. The Balaban J connectivity index is 1.74. The fourth-order valence-corrected chi connectivity index (χ4v) is 2.43. The predicted octanol–water partition coefficient (Wildman–Crippen LogP) is 0.153. The van der Waals surface area contributed by atoms with Gasteiger partial charge in [0, 0.05) is 51.0 Å². The topological polar surface area (TPSA) is 63.2 Å². The number of rotatable bonds is 4. The van der Waals surface area contributed by atoms with Crippen LogP contribution in [0, 0.1) is 0 Å². The molecule has 0 unspecified atom stereocenters. The summed E-state index contributed by atoms with van der Waals surface area (Å²) >= 11 is 0. The molecular weight excluding hydrogens is 240 g/mol. The van der Waals surface area contributed by atoms with E-state index < -0.39 is 0 Å².